The molecule has 0 saturated carbocycles. The van der Waals surface area contributed by atoms with Gasteiger partial charge in [0, 0.05) is 12.1 Å². The third-order valence-corrected chi connectivity index (χ3v) is 3.77. The van der Waals surface area contributed by atoms with Crippen molar-refractivity contribution in [1.29, 1.82) is 0 Å². The van der Waals surface area contributed by atoms with Crippen molar-refractivity contribution in [3.05, 3.63) is 23.4 Å². The fourth-order valence-electron chi connectivity index (χ4n) is 1.20. The molecule has 0 bridgehead atoms. The summed E-state index contributed by atoms with van der Waals surface area (Å²) >= 11 is 13.3. The number of nitrogens with zero attached hydrogens (tertiary/aromatic N) is 1. The largest absolute Gasteiger partial charge is 0.248 e. The van der Waals surface area contributed by atoms with Crippen LogP contribution in [0.3, 0.4) is 0 Å². The molecule has 1 heterocycles. The van der Waals surface area contributed by atoms with E-state index >= 15 is 0 Å². The van der Waals surface area contributed by atoms with E-state index in [0.717, 1.165) is 28.1 Å². The minimum Gasteiger partial charge on any atom is -0.248 e. The zero-order valence-electron chi connectivity index (χ0n) is 8.59. The molecule has 4 heteroatoms. The molecule has 1 rings (SSSR count). The third kappa shape index (κ3) is 5.64. The van der Waals surface area contributed by atoms with E-state index in [1.807, 2.05) is 12.1 Å². The fourth-order valence-corrected chi connectivity index (χ4v) is 2.55. The maximum absolute atomic E-state index is 5.99. The van der Waals surface area contributed by atoms with Gasteiger partial charge in [-0.05, 0) is 30.7 Å². The Balaban J connectivity index is 2.12. The molecule has 1 aromatic heterocycles. The zero-order valence-corrected chi connectivity index (χ0v) is 10.9. The Labute approximate surface area is 106 Å². The van der Waals surface area contributed by atoms with Crippen LogP contribution in [0.2, 0.25) is 5.02 Å². The Morgan fingerprint density at radius 2 is 2.00 bits per heavy atom. The predicted octanol–water partition coefficient (Wildman–Crippen LogP) is 4.63. The lowest BCUT2D eigenvalue weighted by molar-refractivity contribution is 0.709. The number of alkyl halides is 1. The second-order valence-electron chi connectivity index (χ2n) is 3.24. The van der Waals surface area contributed by atoms with Crippen LogP contribution in [-0.2, 0) is 0 Å². The van der Waals surface area contributed by atoms with Crippen molar-refractivity contribution in [2.45, 2.75) is 30.7 Å². The van der Waals surface area contributed by atoms with Crippen LogP contribution in [0.5, 0.6) is 0 Å². The molecule has 0 aromatic carbocycles. The molecule has 1 nitrogen and oxygen atoms in total. The minimum atomic E-state index is 0.753. The second kappa shape index (κ2) is 8.26. The van der Waals surface area contributed by atoms with Crippen molar-refractivity contribution in [3.8, 4) is 0 Å². The van der Waals surface area contributed by atoms with Crippen LogP contribution in [0.15, 0.2) is 23.4 Å². The number of hydrogen-bond donors (Lipinski definition) is 0. The van der Waals surface area contributed by atoms with Crippen LogP contribution in [0.1, 0.15) is 25.7 Å². The zero-order chi connectivity index (χ0) is 10.9. The van der Waals surface area contributed by atoms with Gasteiger partial charge in [-0.15, -0.1) is 23.4 Å². The minimum absolute atomic E-state index is 0.753. The first-order chi connectivity index (χ1) is 7.34. The van der Waals surface area contributed by atoms with Gasteiger partial charge in [0.05, 0.1) is 5.02 Å². The van der Waals surface area contributed by atoms with E-state index in [4.69, 9.17) is 23.2 Å². The average Bonchev–Trinajstić information content (AvgIpc) is 2.25. The van der Waals surface area contributed by atoms with Gasteiger partial charge in [-0.2, -0.15) is 0 Å². The molecule has 84 valence electrons. The molecule has 0 aliphatic heterocycles. The molecule has 0 fully saturated rings. The summed E-state index contributed by atoms with van der Waals surface area (Å²) in [6.45, 7) is 0. The lowest BCUT2D eigenvalue weighted by atomic mass is 10.2. The summed E-state index contributed by atoms with van der Waals surface area (Å²) in [6.07, 6.45) is 6.57. The highest BCUT2D eigenvalue weighted by atomic mass is 35.5. The van der Waals surface area contributed by atoms with Gasteiger partial charge in [0.2, 0.25) is 0 Å². The first-order valence-electron chi connectivity index (χ1n) is 5.14. The van der Waals surface area contributed by atoms with E-state index in [2.05, 4.69) is 4.98 Å². The third-order valence-electron chi connectivity index (χ3n) is 1.99. The monoisotopic (exact) mass is 263 g/mol. The summed E-state index contributed by atoms with van der Waals surface area (Å²) in [5, 5.41) is 1.69. The van der Waals surface area contributed by atoms with Crippen molar-refractivity contribution in [1.82, 2.24) is 4.98 Å². The lowest BCUT2D eigenvalue weighted by Crippen LogP contribution is -1.85. The number of rotatable bonds is 7. The molecule has 0 unspecified atom stereocenters. The Kier molecular flexibility index (Phi) is 7.24. The molecule has 0 radical (unpaired) electrons. The number of halogens is 2. The summed E-state index contributed by atoms with van der Waals surface area (Å²) in [6, 6.07) is 3.73. The average molecular weight is 264 g/mol. The van der Waals surface area contributed by atoms with Crippen LogP contribution in [0.25, 0.3) is 0 Å². The summed E-state index contributed by atoms with van der Waals surface area (Å²) < 4.78 is 0. The number of aromatic nitrogens is 1. The standard InChI is InChI=1S/C11H15Cl2NS/c12-7-3-1-2-4-9-15-11-10(13)6-5-8-14-11/h5-6,8H,1-4,7,9H2. The van der Waals surface area contributed by atoms with E-state index in [1.54, 1.807) is 18.0 Å². The smallest absolute Gasteiger partial charge is 0.115 e. The van der Waals surface area contributed by atoms with E-state index in [-0.39, 0.29) is 0 Å². The van der Waals surface area contributed by atoms with Gasteiger partial charge in [-0.3, -0.25) is 0 Å². The number of pyridine rings is 1. The highest BCUT2D eigenvalue weighted by molar-refractivity contribution is 7.99. The predicted molar refractivity (Wildman–Crippen MR) is 69.2 cm³/mol. The molecule has 0 aliphatic carbocycles. The molecule has 0 atom stereocenters. The van der Waals surface area contributed by atoms with Gasteiger partial charge < -0.3 is 0 Å². The number of hydrogen-bond acceptors (Lipinski definition) is 2. The van der Waals surface area contributed by atoms with Crippen molar-refractivity contribution in [2.24, 2.45) is 0 Å². The molecule has 0 amide bonds. The summed E-state index contributed by atoms with van der Waals surface area (Å²) in [5.74, 6) is 1.86. The lowest BCUT2D eigenvalue weighted by Gasteiger charge is -2.02. The van der Waals surface area contributed by atoms with Crippen molar-refractivity contribution < 1.29 is 0 Å². The summed E-state index contributed by atoms with van der Waals surface area (Å²) in [4.78, 5) is 4.22. The Bertz CT molecular complexity index is 281. The van der Waals surface area contributed by atoms with Crippen LogP contribution < -0.4 is 0 Å². The van der Waals surface area contributed by atoms with Gasteiger partial charge in [0.25, 0.3) is 0 Å². The summed E-state index contributed by atoms with van der Waals surface area (Å²) in [5.41, 5.74) is 0. The number of unbranched alkanes of at least 4 members (excludes halogenated alkanes) is 3. The molecule has 0 spiro atoms. The van der Waals surface area contributed by atoms with Crippen LogP contribution in [-0.4, -0.2) is 16.6 Å². The van der Waals surface area contributed by atoms with Gasteiger partial charge in [-0.25, -0.2) is 4.98 Å². The highest BCUT2D eigenvalue weighted by Crippen LogP contribution is 2.24. The SMILES string of the molecule is ClCCCCCCSc1ncccc1Cl. The molecule has 15 heavy (non-hydrogen) atoms. The normalized spacial score (nSPS) is 10.5. The fraction of sp³-hybridized carbons (Fsp3) is 0.545. The van der Waals surface area contributed by atoms with E-state index < -0.39 is 0 Å². The molecule has 1 aromatic rings. The van der Waals surface area contributed by atoms with Gasteiger partial charge in [0.15, 0.2) is 0 Å². The van der Waals surface area contributed by atoms with Crippen LogP contribution in [0, 0.1) is 0 Å². The summed E-state index contributed by atoms with van der Waals surface area (Å²) in [7, 11) is 0. The number of thioether (sulfide) groups is 1. The van der Waals surface area contributed by atoms with E-state index in [1.165, 1.54) is 19.3 Å². The van der Waals surface area contributed by atoms with Gasteiger partial charge in [0.1, 0.15) is 5.03 Å². The maximum atomic E-state index is 5.99. The quantitative estimate of drug-likeness (QED) is 0.404. The van der Waals surface area contributed by atoms with Crippen molar-refractivity contribution in [3.63, 3.8) is 0 Å². The van der Waals surface area contributed by atoms with Crippen LogP contribution in [0.4, 0.5) is 0 Å². The second-order valence-corrected chi connectivity index (χ2v) is 5.11. The van der Waals surface area contributed by atoms with E-state index in [9.17, 15) is 0 Å². The molecular formula is C11H15Cl2NS. The van der Waals surface area contributed by atoms with Crippen molar-refractivity contribution >= 4 is 35.0 Å². The topological polar surface area (TPSA) is 12.9 Å². The van der Waals surface area contributed by atoms with Gasteiger partial charge >= 0.3 is 0 Å². The molecule has 0 aliphatic rings. The molecule has 0 N–H and O–H groups in total. The highest BCUT2D eigenvalue weighted by Gasteiger charge is 2.00. The van der Waals surface area contributed by atoms with Crippen LogP contribution >= 0.6 is 35.0 Å². The first kappa shape index (κ1) is 13.1. The van der Waals surface area contributed by atoms with Gasteiger partial charge in [-0.1, -0.05) is 24.4 Å². The molecular weight excluding hydrogens is 249 g/mol. The van der Waals surface area contributed by atoms with Crippen molar-refractivity contribution in [2.75, 3.05) is 11.6 Å². The first-order valence-corrected chi connectivity index (χ1v) is 7.03. The molecule has 0 saturated heterocycles. The Morgan fingerprint density at radius 3 is 2.73 bits per heavy atom. The Morgan fingerprint density at radius 1 is 1.20 bits per heavy atom. The maximum Gasteiger partial charge on any atom is 0.115 e. The Hall–Kier alpha value is 0.0800. The van der Waals surface area contributed by atoms with E-state index in [0.29, 0.717) is 0 Å².